The second kappa shape index (κ2) is 6.77. The second-order valence-corrected chi connectivity index (χ2v) is 5.70. The number of anilines is 2. The van der Waals surface area contributed by atoms with Crippen molar-refractivity contribution in [3.8, 4) is 5.88 Å². The average molecular weight is 278 g/mol. The molecule has 1 aromatic heterocycles. The van der Waals surface area contributed by atoms with Crippen molar-refractivity contribution < 1.29 is 4.74 Å². The normalized spacial score (nSPS) is 17.1. The van der Waals surface area contributed by atoms with Gasteiger partial charge in [-0.05, 0) is 31.1 Å². The fourth-order valence-corrected chi connectivity index (χ4v) is 2.89. The van der Waals surface area contributed by atoms with E-state index in [1.807, 2.05) is 0 Å². The van der Waals surface area contributed by atoms with Crippen molar-refractivity contribution in [3.05, 3.63) is 6.33 Å². The zero-order valence-corrected chi connectivity index (χ0v) is 12.6. The van der Waals surface area contributed by atoms with Crippen LogP contribution in [0.3, 0.4) is 0 Å². The van der Waals surface area contributed by atoms with Gasteiger partial charge >= 0.3 is 0 Å². The molecule has 1 fully saturated rings. The summed E-state index contributed by atoms with van der Waals surface area (Å²) in [6.45, 7) is 5.88. The van der Waals surface area contributed by atoms with Crippen LogP contribution in [0.4, 0.5) is 11.5 Å². The molecular formula is C15H26N4O. The summed E-state index contributed by atoms with van der Waals surface area (Å²) in [7, 11) is 0. The van der Waals surface area contributed by atoms with E-state index in [0.717, 1.165) is 13.0 Å². The zero-order chi connectivity index (χ0) is 14.4. The van der Waals surface area contributed by atoms with Crippen molar-refractivity contribution in [3.63, 3.8) is 0 Å². The number of nitrogens with zero attached hydrogens (tertiary/aromatic N) is 2. The largest absolute Gasteiger partial charge is 0.476 e. The molecule has 2 rings (SSSR count). The molecule has 20 heavy (non-hydrogen) atoms. The lowest BCUT2D eigenvalue weighted by atomic mass is 9.83. The number of nitrogen functional groups attached to an aromatic ring is 1. The Kier molecular flexibility index (Phi) is 5.04. The van der Waals surface area contributed by atoms with Gasteiger partial charge in [0.1, 0.15) is 12.0 Å². The van der Waals surface area contributed by atoms with Crippen molar-refractivity contribution in [1.29, 1.82) is 0 Å². The van der Waals surface area contributed by atoms with Gasteiger partial charge in [0, 0.05) is 6.54 Å². The van der Waals surface area contributed by atoms with Crippen LogP contribution in [0.25, 0.3) is 0 Å². The SMILES string of the molecule is CCCOc1ncnc(NCC2(CC)CCCC2)c1N. The summed E-state index contributed by atoms with van der Waals surface area (Å²) in [5, 5.41) is 3.41. The Hall–Kier alpha value is -1.52. The minimum Gasteiger partial charge on any atom is -0.476 e. The summed E-state index contributed by atoms with van der Waals surface area (Å²) in [4.78, 5) is 8.34. The predicted molar refractivity (Wildman–Crippen MR) is 81.9 cm³/mol. The average Bonchev–Trinajstić information content (AvgIpc) is 2.94. The number of aromatic nitrogens is 2. The minimum absolute atomic E-state index is 0.405. The van der Waals surface area contributed by atoms with Gasteiger partial charge in [-0.2, -0.15) is 4.98 Å². The first-order valence-corrected chi connectivity index (χ1v) is 7.68. The van der Waals surface area contributed by atoms with Gasteiger partial charge in [0.25, 0.3) is 0 Å². The molecule has 0 atom stereocenters. The lowest BCUT2D eigenvalue weighted by Gasteiger charge is -2.28. The Bertz CT molecular complexity index is 430. The van der Waals surface area contributed by atoms with E-state index in [1.54, 1.807) is 0 Å². The Morgan fingerprint density at radius 2 is 2.05 bits per heavy atom. The van der Waals surface area contributed by atoms with Crippen LogP contribution in [0, 0.1) is 5.41 Å². The minimum atomic E-state index is 0.405. The van der Waals surface area contributed by atoms with Gasteiger partial charge in [0.2, 0.25) is 5.88 Å². The Balaban J connectivity index is 2.02. The topological polar surface area (TPSA) is 73.1 Å². The molecular weight excluding hydrogens is 252 g/mol. The number of rotatable bonds is 7. The molecule has 0 radical (unpaired) electrons. The maximum Gasteiger partial charge on any atom is 0.242 e. The van der Waals surface area contributed by atoms with E-state index in [1.165, 1.54) is 38.4 Å². The molecule has 0 aliphatic heterocycles. The lowest BCUT2D eigenvalue weighted by Crippen LogP contribution is -2.26. The summed E-state index contributed by atoms with van der Waals surface area (Å²) in [6.07, 6.45) is 8.90. The van der Waals surface area contributed by atoms with Crippen molar-refractivity contribution in [2.75, 3.05) is 24.2 Å². The second-order valence-electron chi connectivity index (χ2n) is 5.70. The van der Waals surface area contributed by atoms with Crippen LogP contribution >= 0.6 is 0 Å². The van der Waals surface area contributed by atoms with Crippen LogP contribution in [0.15, 0.2) is 6.33 Å². The fraction of sp³-hybridized carbons (Fsp3) is 0.733. The summed E-state index contributed by atoms with van der Waals surface area (Å²) < 4.78 is 5.53. The first-order chi connectivity index (χ1) is 9.71. The first kappa shape index (κ1) is 14.9. The molecule has 5 nitrogen and oxygen atoms in total. The van der Waals surface area contributed by atoms with Crippen LogP contribution in [-0.4, -0.2) is 23.1 Å². The maximum atomic E-state index is 6.08. The van der Waals surface area contributed by atoms with Crippen LogP contribution in [-0.2, 0) is 0 Å². The Labute approximate surface area is 121 Å². The van der Waals surface area contributed by atoms with E-state index in [9.17, 15) is 0 Å². The number of nitrogens with two attached hydrogens (primary N) is 1. The van der Waals surface area contributed by atoms with Crippen LogP contribution < -0.4 is 15.8 Å². The highest BCUT2D eigenvalue weighted by Gasteiger charge is 2.32. The third-order valence-corrected chi connectivity index (χ3v) is 4.34. The van der Waals surface area contributed by atoms with Crippen LogP contribution in [0.1, 0.15) is 52.4 Å². The van der Waals surface area contributed by atoms with Gasteiger partial charge < -0.3 is 15.8 Å². The third-order valence-electron chi connectivity index (χ3n) is 4.34. The summed E-state index contributed by atoms with van der Waals surface area (Å²) >= 11 is 0. The first-order valence-electron chi connectivity index (χ1n) is 7.68. The Morgan fingerprint density at radius 1 is 1.30 bits per heavy atom. The van der Waals surface area contributed by atoms with Crippen molar-refractivity contribution >= 4 is 11.5 Å². The monoisotopic (exact) mass is 278 g/mol. The highest BCUT2D eigenvalue weighted by molar-refractivity contribution is 5.66. The number of ether oxygens (including phenoxy) is 1. The van der Waals surface area contributed by atoms with E-state index in [-0.39, 0.29) is 0 Å². The number of nitrogens with one attached hydrogen (secondary N) is 1. The molecule has 1 aliphatic rings. The smallest absolute Gasteiger partial charge is 0.242 e. The molecule has 0 bridgehead atoms. The van der Waals surface area contributed by atoms with Crippen molar-refractivity contribution in [2.45, 2.75) is 52.4 Å². The lowest BCUT2D eigenvalue weighted by molar-refractivity contribution is 0.303. The highest BCUT2D eigenvalue weighted by Crippen LogP contribution is 2.41. The molecule has 0 unspecified atom stereocenters. The van der Waals surface area contributed by atoms with E-state index in [4.69, 9.17) is 10.5 Å². The van der Waals surface area contributed by atoms with Crippen LogP contribution in [0.5, 0.6) is 5.88 Å². The van der Waals surface area contributed by atoms with Gasteiger partial charge in [-0.25, -0.2) is 4.98 Å². The highest BCUT2D eigenvalue weighted by atomic mass is 16.5. The number of hydrogen-bond acceptors (Lipinski definition) is 5. The molecule has 1 saturated carbocycles. The molecule has 1 aromatic rings. The Morgan fingerprint density at radius 3 is 2.70 bits per heavy atom. The van der Waals surface area contributed by atoms with Gasteiger partial charge in [-0.1, -0.05) is 26.7 Å². The quantitative estimate of drug-likeness (QED) is 0.801. The van der Waals surface area contributed by atoms with Gasteiger partial charge in [0.15, 0.2) is 5.82 Å². The molecule has 5 heteroatoms. The summed E-state index contributed by atoms with van der Waals surface area (Å²) in [5.41, 5.74) is 7.00. The molecule has 0 saturated heterocycles. The standard InChI is InChI=1S/C15H26N4O/c1-3-9-20-14-12(16)13(18-11-19-14)17-10-15(4-2)7-5-6-8-15/h11H,3-10,16H2,1-2H3,(H,17,18,19). The fourth-order valence-electron chi connectivity index (χ4n) is 2.89. The zero-order valence-electron chi connectivity index (χ0n) is 12.6. The van der Waals surface area contributed by atoms with Gasteiger partial charge in [0.05, 0.1) is 6.61 Å². The molecule has 0 amide bonds. The van der Waals surface area contributed by atoms with Crippen molar-refractivity contribution in [1.82, 2.24) is 9.97 Å². The van der Waals surface area contributed by atoms with Gasteiger partial charge in [-0.15, -0.1) is 0 Å². The molecule has 1 aliphatic carbocycles. The van der Waals surface area contributed by atoms with Gasteiger partial charge in [-0.3, -0.25) is 0 Å². The van der Waals surface area contributed by atoms with E-state index >= 15 is 0 Å². The van der Waals surface area contributed by atoms with E-state index < -0.39 is 0 Å². The summed E-state index contributed by atoms with van der Waals surface area (Å²) in [6, 6.07) is 0. The van der Waals surface area contributed by atoms with E-state index in [2.05, 4.69) is 29.1 Å². The molecule has 0 aromatic carbocycles. The maximum absolute atomic E-state index is 6.08. The number of hydrogen-bond donors (Lipinski definition) is 2. The van der Waals surface area contributed by atoms with Crippen molar-refractivity contribution in [2.24, 2.45) is 5.41 Å². The molecule has 3 N–H and O–H groups in total. The van der Waals surface area contributed by atoms with Crippen LogP contribution in [0.2, 0.25) is 0 Å². The summed E-state index contributed by atoms with van der Waals surface area (Å²) in [5.74, 6) is 1.19. The predicted octanol–water partition coefficient (Wildman–Crippen LogP) is 3.23. The molecule has 0 spiro atoms. The molecule has 112 valence electrons. The van der Waals surface area contributed by atoms with E-state index in [0.29, 0.717) is 29.4 Å². The molecule has 1 heterocycles. The third kappa shape index (κ3) is 3.32.